The van der Waals surface area contributed by atoms with E-state index in [1.54, 1.807) is 12.1 Å². The number of rotatable bonds is 3. The maximum absolute atomic E-state index is 11.7. The molecule has 0 bridgehead atoms. The second kappa shape index (κ2) is 5.85. The first-order chi connectivity index (χ1) is 9.01. The second-order valence-electron chi connectivity index (χ2n) is 4.54. The summed E-state index contributed by atoms with van der Waals surface area (Å²) in [5.74, 6) is -0.328. The van der Waals surface area contributed by atoms with Gasteiger partial charge in [-0.15, -0.1) is 0 Å². The molecule has 0 aliphatic carbocycles. The van der Waals surface area contributed by atoms with Crippen molar-refractivity contribution in [2.45, 2.75) is 25.1 Å². The molecule has 0 radical (unpaired) electrons. The van der Waals surface area contributed by atoms with Gasteiger partial charge in [0.1, 0.15) is 10.6 Å². The molecule has 0 spiro atoms. The fourth-order valence-corrected chi connectivity index (χ4v) is 2.57. The van der Waals surface area contributed by atoms with Gasteiger partial charge in [-0.2, -0.15) is 0 Å². The summed E-state index contributed by atoms with van der Waals surface area (Å²) >= 11 is 3.27. The number of nitrogens with two attached hydrogens (primary N) is 1. The molecule has 104 valence electrons. The van der Waals surface area contributed by atoms with Gasteiger partial charge in [0, 0.05) is 19.5 Å². The smallest absolute Gasteiger partial charge is 0.323 e. The van der Waals surface area contributed by atoms with E-state index in [1.807, 2.05) is 4.90 Å². The SMILES string of the molecule is COC(=O)[C@@H]1C[C@H](O)CN1Cc1ccc(N)c(Br)n1. The minimum Gasteiger partial charge on any atom is -0.468 e. The molecule has 0 amide bonds. The van der Waals surface area contributed by atoms with Gasteiger partial charge < -0.3 is 15.6 Å². The highest BCUT2D eigenvalue weighted by atomic mass is 79.9. The first kappa shape index (κ1) is 14.2. The molecule has 3 N–H and O–H groups in total. The first-order valence-corrected chi connectivity index (χ1v) is 6.71. The Morgan fingerprint density at radius 1 is 1.68 bits per heavy atom. The molecule has 0 aromatic carbocycles. The van der Waals surface area contributed by atoms with Crippen LogP contribution in [0.15, 0.2) is 16.7 Å². The molecule has 2 rings (SSSR count). The van der Waals surface area contributed by atoms with Gasteiger partial charge >= 0.3 is 5.97 Å². The average Bonchev–Trinajstić information content (AvgIpc) is 2.74. The summed E-state index contributed by atoms with van der Waals surface area (Å²) in [5, 5.41) is 9.69. The molecule has 19 heavy (non-hydrogen) atoms. The van der Waals surface area contributed by atoms with Crippen LogP contribution in [0.5, 0.6) is 0 Å². The average molecular weight is 330 g/mol. The molecule has 0 unspecified atom stereocenters. The lowest BCUT2D eigenvalue weighted by Crippen LogP contribution is -2.36. The number of β-amino-alcohol motifs (C(OH)–C–C–N with tert-alkyl or cyclic N) is 1. The third-order valence-corrected chi connectivity index (χ3v) is 3.79. The van der Waals surface area contributed by atoms with E-state index < -0.39 is 12.1 Å². The van der Waals surface area contributed by atoms with Crippen molar-refractivity contribution in [3.63, 3.8) is 0 Å². The highest BCUT2D eigenvalue weighted by Crippen LogP contribution is 2.23. The van der Waals surface area contributed by atoms with E-state index in [0.29, 0.717) is 29.8 Å². The predicted molar refractivity (Wildman–Crippen MR) is 73.2 cm³/mol. The van der Waals surface area contributed by atoms with E-state index in [1.165, 1.54) is 7.11 Å². The summed E-state index contributed by atoms with van der Waals surface area (Å²) in [6, 6.07) is 3.14. The normalized spacial score (nSPS) is 23.5. The van der Waals surface area contributed by atoms with Gasteiger partial charge in [0.15, 0.2) is 0 Å². The number of pyridine rings is 1. The number of hydrogen-bond donors (Lipinski definition) is 2. The predicted octanol–water partition coefficient (Wildman–Crippen LogP) is 0.534. The molecule has 0 saturated carbocycles. The van der Waals surface area contributed by atoms with Crippen LogP contribution in [0, 0.1) is 0 Å². The van der Waals surface area contributed by atoms with Gasteiger partial charge in [-0.1, -0.05) is 0 Å². The van der Waals surface area contributed by atoms with Crippen molar-refractivity contribution >= 4 is 27.6 Å². The third-order valence-electron chi connectivity index (χ3n) is 3.15. The van der Waals surface area contributed by atoms with Crippen molar-refractivity contribution in [1.29, 1.82) is 0 Å². The van der Waals surface area contributed by atoms with Gasteiger partial charge in [0.25, 0.3) is 0 Å². The molecule has 2 atom stereocenters. The number of halogens is 1. The first-order valence-electron chi connectivity index (χ1n) is 5.92. The zero-order valence-corrected chi connectivity index (χ0v) is 12.1. The highest BCUT2D eigenvalue weighted by molar-refractivity contribution is 9.10. The Bertz CT molecular complexity index is 483. The minimum absolute atomic E-state index is 0.328. The van der Waals surface area contributed by atoms with Crippen molar-refractivity contribution in [1.82, 2.24) is 9.88 Å². The molecular weight excluding hydrogens is 314 g/mol. The molecule has 6 nitrogen and oxygen atoms in total. The third kappa shape index (κ3) is 3.23. The van der Waals surface area contributed by atoms with Gasteiger partial charge in [-0.25, -0.2) is 4.98 Å². The topological polar surface area (TPSA) is 88.7 Å². The summed E-state index contributed by atoms with van der Waals surface area (Å²) in [7, 11) is 1.35. The number of methoxy groups -OCH3 is 1. The molecule has 1 aromatic rings. The van der Waals surface area contributed by atoms with Gasteiger partial charge in [-0.05, 0) is 28.1 Å². The van der Waals surface area contributed by atoms with Gasteiger partial charge in [0.05, 0.1) is 24.6 Å². The van der Waals surface area contributed by atoms with E-state index in [2.05, 4.69) is 20.9 Å². The highest BCUT2D eigenvalue weighted by Gasteiger charge is 2.36. The number of esters is 1. The summed E-state index contributed by atoms with van der Waals surface area (Å²) in [6.07, 6.45) is -0.121. The number of aliphatic hydroxyl groups excluding tert-OH is 1. The summed E-state index contributed by atoms with van der Waals surface area (Å²) in [5.41, 5.74) is 7.02. The van der Waals surface area contributed by atoms with Crippen LogP contribution in [0.2, 0.25) is 0 Å². The number of aromatic nitrogens is 1. The molecule has 7 heteroatoms. The lowest BCUT2D eigenvalue weighted by Gasteiger charge is -2.21. The molecule has 1 aromatic heterocycles. The molecule has 1 aliphatic heterocycles. The van der Waals surface area contributed by atoms with Gasteiger partial charge in [-0.3, -0.25) is 9.69 Å². The Balaban J connectivity index is 2.12. The number of nitrogen functional groups attached to an aromatic ring is 1. The lowest BCUT2D eigenvalue weighted by molar-refractivity contribution is -0.146. The largest absolute Gasteiger partial charge is 0.468 e. The van der Waals surface area contributed by atoms with E-state index in [-0.39, 0.29) is 5.97 Å². The summed E-state index contributed by atoms with van der Waals surface area (Å²) in [4.78, 5) is 17.8. The number of likely N-dealkylation sites (tertiary alicyclic amines) is 1. The Hall–Kier alpha value is -1.18. The molecule has 1 fully saturated rings. The number of hydrogen-bond acceptors (Lipinski definition) is 6. The minimum atomic E-state index is -0.513. The lowest BCUT2D eigenvalue weighted by atomic mass is 10.2. The number of carbonyl (C=O) groups excluding carboxylic acids is 1. The Kier molecular flexibility index (Phi) is 4.38. The van der Waals surface area contributed by atoms with E-state index in [9.17, 15) is 9.90 Å². The Labute approximate surface area is 119 Å². The monoisotopic (exact) mass is 329 g/mol. The zero-order chi connectivity index (χ0) is 14.0. The standard InChI is InChI=1S/C12H16BrN3O3/c1-19-12(18)10-4-8(17)6-16(10)5-7-2-3-9(14)11(13)15-7/h2-3,8,10,17H,4-6,14H2,1H3/t8-,10-/m0/s1. The molecular formula is C12H16BrN3O3. The zero-order valence-electron chi connectivity index (χ0n) is 10.5. The van der Waals surface area contributed by atoms with Crippen LogP contribution < -0.4 is 5.73 Å². The van der Waals surface area contributed by atoms with Crippen molar-refractivity contribution in [3.8, 4) is 0 Å². The number of aliphatic hydroxyl groups is 1. The maximum atomic E-state index is 11.7. The Morgan fingerprint density at radius 2 is 2.42 bits per heavy atom. The Morgan fingerprint density at radius 3 is 3.05 bits per heavy atom. The van der Waals surface area contributed by atoms with Crippen molar-refractivity contribution in [2.24, 2.45) is 0 Å². The van der Waals surface area contributed by atoms with Crippen LogP contribution in [0.1, 0.15) is 12.1 Å². The van der Waals surface area contributed by atoms with Crippen LogP contribution in [0.3, 0.4) is 0 Å². The fraction of sp³-hybridized carbons (Fsp3) is 0.500. The van der Waals surface area contributed by atoms with Gasteiger partial charge in [0.2, 0.25) is 0 Å². The maximum Gasteiger partial charge on any atom is 0.323 e. The van der Waals surface area contributed by atoms with Crippen LogP contribution >= 0.6 is 15.9 Å². The number of ether oxygens (including phenoxy) is 1. The number of nitrogens with zero attached hydrogens (tertiary/aromatic N) is 2. The van der Waals surface area contributed by atoms with Crippen LogP contribution in [-0.2, 0) is 16.1 Å². The van der Waals surface area contributed by atoms with Crippen molar-refractivity contribution < 1.29 is 14.6 Å². The number of carbonyl (C=O) groups is 1. The quantitative estimate of drug-likeness (QED) is 0.621. The van der Waals surface area contributed by atoms with E-state index in [0.717, 1.165) is 5.69 Å². The van der Waals surface area contributed by atoms with Crippen LogP contribution in [0.25, 0.3) is 0 Å². The second-order valence-corrected chi connectivity index (χ2v) is 5.29. The van der Waals surface area contributed by atoms with Crippen molar-refractivity contribution in [3.05, 3.63) is 22.4 Å². The summed E-state index contributed by atoms with van der Waals surface area (Å²) < 4.78 is 5.33. The van der Waals surface area contributed by atoms with E-state index >= 15 is 0 Å². The molecule has 1 saturated heterocycles. The van der Waals surface area contributed by atoms with Crippen molar-refractivity contribution in [2.75, 3.05) is 19.4 Å². The van der Waals surface area contributed by atoms with Crippen LogP contribution in [-0.4, -0.2) is 46.8 Å². The van der Waals surface area contributed by atoms with E-state index in [4.69, 9.17) is 10.5 Å². The fourth-order valence-electron chi connectivity index (χ4n) is 2.21. The summed E-state index contributed by atoms with van der Waals surface area (Å²) in [6.45, 7) is 0.902. The molecule has 2 heterocycles. The number of anilines is 1. The van der Waals surface area contributed by atoms with Crippen LogP contribution in [0.4, 0.5) is 5.69 Å². The molecule has 1 aliphatic rings.